The Balaban J connectivity index is 1.81. The van der Waals surface area contributed by atoms with Crippen molar-refractivity contribution in [3.63, 3.8) is 0 Å². The molecule has 3 rings (SSSR count). The van der Waals surface area contributed by atoms with Crippen LogP contribution in [0.5, 0.6) is 0 Å². The molecule has 1 N–H and O–H groups in total. The number of anilines is 1. The van der Waals surface area contributed by atoms with Crippen molar-refractivity contribution in [2.24, 2.45) is 0 Å². The van der Waals surface area contributed by atoms with Crippen molar-refractivity contribution in [3.8, 4) is 11.1 Å². The Morgan fingerprint density at radius 3 is 2.33 bits per heavy atom. The van der Waals surface area contributed by atoms with E-state index in [1.807, 2.05) is 19.1 Å². The Labute approximate surface area is 186 Å². The fraction of sp³-hybridized carbons (Fsp3) is 0.455. The summed E-state index contributed by atoms with van der Waals surface area (Å²) in [5.41, 5.74) is 2.06. The van der Waals surface area contributed by atoms with Crippen LogP contribution in [0.4, 0.5) is 5.00 Å². The van der Waals surface area contributed by atoms with Crippen LogP contribution in [0, 0.1) is 6.92 Å². The lowest BCUT2D eigenvalue weighted by atomic mass is 10.0. The fourth-order valence-corrected chi connectivity index (χ4v) is 4.83. The Bertz CT molecular complexity index is 890. The van der Waals surface area contributed by atoms with Crippen molar-refractivity contribution in [2.75, 3.05) is 51.2 Å². The van der Waals surface area contributed by atoms with Crippen LogP contribution in [0.25, 0.3) is 11.1 Å². The number of nitrogens with zero attached hydrogens (tertiary/aromatic N) is 2. The summed E-state index contributed by atoms with van der Waals surface area (Å²) in [4.78, 5) is 31.0. The molecule has 1 fully saturated rings. The number of esters is 1. The molecule has 1 aromatic carbocycles. The molecule has 162 valence electrons. The highest BCUT2D eigenvalue weighted by Gasteiger charge is 2.26. The van der Waals surface area contributed by atoms with Gasteiger partial charge < -0.3 is 15.0 Å². The van der Waals surface area contributed by atoms with Gasteiger partial charge in [-0.1, -0.05) is 30.7 Å². The molecule has 1 aromatic heterocycles. The average molecular weight is 450 g/mol. The first-order chi connectivity index (χ1) is 14.4. The second-order valence-corrected chi connectivity index (χ2v) is 8.88. The van der Waals surface area contributed by atoms with Crippen LogP contribution in [-0.2, 0) is 9.53 Å². The molecule has 2 aromatic rings. The van der Waals surface area contributed by atoms with Crippen LogP contribution < -0.4 is 5.32 Å². The monoisotopic (exact) mass is 449 g/mol. The minimum Gasteiger partial charge on any atom is -0.462 e. The van der Waals surface area contributed by atoms with Gasteiger partial charge in [-0.05, 0) is 38.1 Å². The first kappa shape index (κ1) is 22.7. The number of benzene rings is 1. The third-order valence-corrected chi connectivity index (χ3v) is 6.50. The van der Waals surface area contributed by atoms with E-state index in [9.17, 15) is 9.59 Å². The van der Waals surface area contributed by atoms with Crippen molar-refractivity contribution in [1.29, 1.82) is 0 Å². The van der Waals surface area contributed by atoms with Crippen molar-refractivity contribution >= 4 is 39.8 Å². The molecule has 8 heteroatoms. The number of likely N-dealkylation sites (N-methyl/N-ethyl adjacent to an activating group) is 1. The maximum Gasteiger partial charge on any atom is 0.341 e. The van der Waals surface area contributed by atoms with Gasteiger partial charge in [0.25, 0.3) is 0 Å². The molecular formula is C22H28ClN3O3S. The highest BCUT2D eigenvalue weighted by molar-refractivity contribution is 7.17. The molecule has 1 aliphatic rings. The minimum atomic E-state index is -0.432. The average Bonchev–Trinajstić information content (AvgIpc) is 3.05. The summed E-state index contributed by atoms with van der Waals surface area (Å²) in [6, 6.07) is 7.33. The molecule has 6 nitrogen and oxygen atoms in total. The molecule has 0 spiro atoms. The van der Waals surface area contributed by atoms with Crippen LogP contribution in [0.2, 0.25) is 5.02 Å². The lowest BCUT2D eigenvalue weighted by molar-refractivity contribution is -0.117. The number of aryl methyl sites for hydroxylation is 1. The molecule has 1 saturated heterocycles. The van der Waals surface area contributed by atoms with Crippen LogP contribution >= 0.6 is 22.9 Å². The smallest absolute Gasteiger partial charge is 0.341 e. The zero-order valence-corrected chi connectivity index (χ0v) is 19.2. The molecule has 0 radical (unpaired) electrons. The second kappa shape index (κ2) is 10.4. The SMILES string of the molecule is CCOC(=O)c1c(NC(=O)CN2CCN(CC)CC2)sc(C)c1-c1ccc(Cl)cc1. The first-order valence-electron chi connectivity index (χ1n) is 10.2. The number of rotatable bonds is 7. The van der Waals surface area contributed by atoms with E-state index in [1.54, 1.807) is 19.1 Å². The molecule has 1 amide bonds. The molecule has 30 heavy (non-hydrogen) atoms. The van der Waals surface area contributed by atoms with E-state index in [2.05, 4.69) is 22.0 Å². The summed E-state index contributed by atoms with van der Waals surface area (Å²) in [7, 11) is 0. The van der Waals surface area contributed by atoms with E-state index in [0.717, 1.165) is 48.7 Å². The molecule has 0 aliphatic carbocycles. The van der Waals surface area contributed by atoms with Gasteiger partial charge in [0.15, 0.2) is 0 Å². The zero-order chi connectivity index (χ0) is 21.7. The molecule has 2 heterocycles. The molecule has 0 unspecified atom stereocenters. The molecule has 0 saturated carbocycles. The van der Waals surface area contributed by atoms with E-state index in [-0.39, 0.29) is 12.5 Å². The Kier molecular flexibility index (Phi) is 7.88. The number of amides is 1. The largest absolute Gasteiger partial charge is 0.462 e. The van der Waals surface area contributed by atoms with Crippen molar-refractivity contribution in [1.82, 2.24) is 9.80 Å². The van der Waals surface area contributed by atoms with Gasteiger partial charge in [-0.2, -0.15) is 0 Å². The first-order valence-corrected chi connectivity index (χ1v) is 11.4. The number of carbonyl (C=O) groups is 2. The predicted octanol–water partition coefficient (Wildman–Crippen LogP) is 4.13. The van der Waals surface area contributed by atoms with E-state index in [0.29, 0.717) is 22.1 Å². The van der Waals surface area contributed by atoms with Gasteiger partial charge in [0.2, 0.25) is 5.91 Å². The van der Waals surface area contributed by atoms with Crippen molar-refractivity contribution < 1.29 is 14.3 Å². The Morgan fingerprint density at radius 2 is 1.73 bits per heavy atom. The van der Waals surface area contributed by atoms with Crippen LogP contribution in [0.1, 0.15) is 29.1 Å². The summed E-state index contributed by atoms with van der Waals surface area (Å²) >= 11 is 7.42. The standard InChI is InChI=1S/C22H28ClN3O3S/c1-4-25-10-12-26(13-11-25)14-18(27)24-21-20(22(28)29-5-2)19(15(3)30-21)16-6-8-17(23)9-7-16/h6-9H,4-5,10-14H2,1-3H3,(H,24,27). The number of piperazine rings is 1. The fourth-order valence-electron chi connectivity index (χ4n) is 3.63. The summed E-state index contributed by atoms with van der Waals surface area (Å²) in [5.74, 6) is -0.548. The van der Waals surface area contributed by atoms with Gasteiger partial charge in [-0.15, -0.1) is 11.3 Å². The lowest BCUT2D eigenvalue weighted by Crippen LogP contribution is -2.48. The predicted molar refractivity (Wildman–Crippen MR) is 123 cm³/mol. The second-order valence-electron chi connectivity index (χ2n) is 7.22. The number of carbonyl (C=O) groups excluding carboxylic acids is 2. The quantitative estimate of drug-likeness (QED) is 0.644. The lowest BCUT2D eigenvalue weighted by Gasteiger charge is -2.33. The number of ether oxygens (including phenoxy) is 1. The maximum atomic E-state index is 12.8. The van der Waals surface area contributed by atoms with Crippen LogP contribution in [-0.4, -0.2) is 67.6 Å². The minimum absolute atomic E-state index is 0.116. The van der Waals surface area contributed by atoms with E-state index < -0.39 is 5.97 Å². The Hall–Kier alpha value is -1.93. The summed E-state index contributed by atoms with van der Waals surface area (Å²) in [6.07, 6.45) is 0. The summed E-state index contributed by atoms with van der Waals surface area (Å²) < 4.78 is 5.30. The van der Waals surface area contributed by atoms with Gasteiger partial charge >= 0.3 is 5.97 Å². The van der Waals surface area contributed by atoms with Crippen molar-refractivity contribution in [3.05, 3.63) is 39.7 Å². The normalized spacial score (nSPS) is 15.2. The highest BCUT2D eigenvalue weighted by Crippen LogP contribution is 2.40. The number of halogens is 1. The summed E-state index contributed by atoms with van der Waals surface area (Å²) in [5, 5.41) is 4.12. The van der Waals surface area contributed by atoms with E-state index in [1.165, 1.54) is 11.3 Å². The third-order valence-electron chi connectivity index (χ3n) is 5.23. The third kappa shape index (κ3) is 5.40. The van der Waals surface area contributed by atoms with E-state index in [4.69, 9.17) is 16.3 Å². The zero-order valence-electron chi connectivity index (χ0n) is 17.7. The topological polar surface area (TPSA) is 61.9 Å². The van der Waals surface area contributed by atoms with Crippen molar-refractivity contribution in [2.45, 2.75) is 20.8 Å². The molecule has 0 atom stereocenters. The van der Waals surface area contributed by atoms with Gasteiger partial charge in [0.1, 0.15) is 10.6 Å². The molecular weight excluding hydrogens is 422 g/mol. The Morgan fingerprint density at radius 1 is 1.10 bits per heavy atom. The van der Waals surface area contributed by atoms with Gasteiger partial charge in [-0.3, -0.25) is 9.69 Å². The van der Waals surface area contributed by atoms with Gasteiger partial charge in [-0.25, -0.2) is 4.79 Å². The number of thiophene rings is 1. The number of hydrogen-bond acceptors (Lipinski definition) is 6. The molecule has 0 bridgehead atoms. The van der Waals surface area contributed by atoms with Crippen LogP contribution in [0.3, 0.4) is 0 Å². The maximum absolute atomic E-state index is 12.8. The van der Waals surface area contributed by atoms with Gasteiger partial charge in [0.05, 0.1) is 13.2 Å². The summed E-state index contributed by atoms with van der Waals surface area (Å²) in [6.45, 7) is 11.1. The molecule has 1 aliphatic heterocycles. The van der Waals surface area contributed by atoms with Crippen LogP contribution in [0.15, 0.2) is 24.3 Å². The highest BCUT2D eigenvalue weighted by atomic mass is 35.5. The number of hydrogen-bond donors (Lipinski definition) is 1. The van der Waals surface area contributed by atoms with Gasteiger partial charge in [0, 0.05) is 41.6 Å². The van der Waals surface area contributed by atoms with E-state index >= 15 is 0 Å². The number of nitrogens with one attached hydrogen (secondary N) is 1.